The molecule has 0 radical (unpaired) electrons. The first-order chi connectivity index (χ1) is 34.6. The van der Waals surface area contributed by atoms with Gasteiger partial charge < -0.3 is 69.2 Å². The summed E-state index contributed by atoms with van der Waals surface area (Å²) in [5.41, 5.74) is 13.9. The molecule has 0 saturated heterocycles. The summed E-state index contributed by atoms with van der Waals surface area (Å²) in [4.78, 5) is 134. The molecule has 1 heterocycles. The molecular formula is C49H71N11O12S. The number of aromatic nitrogens is 1. The van der Waals surface area contributed by atoms with Crippen molar-refractivity contribution in [2.75, 3.05) is 25.4 Å². The van der Waals surface area contributed by atoms with E-state index in [2.05, 4.69) is 60.1 Å². The fourth-order valence-electron chi connectivity index (χ4n) is 7.58. The minimum Gasteiger partial charge on any atom is -0.481 e. The molecule has 0 aliphatic carbocycles. The van der Waals surface area contributed by atoms with Crippen molar-refractivity contribution in [1.29, 1.82) is 0 Å². The molecule has 23 nitrogen and oxygen atoms in total. The highest BCUT2D eigenvalue weighted by Gasteiger charge is 2.34. The molecule has 7 atom stereocenters. The van der Waals surface area contributed by atoms with Crippen molar-refractivity contribution in [1.82, 2.24) is 47.5 Å². The van der Waals surface area contributed by atoms with E-state index in [9.17, 15) is 53.1 Å². The third kappa shape index (κ3) is 20.9. The van der Waals surface area contributed by atoms with E-state index in [1.807, 2.05) is 12.1 Å². The lowest BCUT2D eigenvalue weighted by Gasteiger charge is -2.27. The predicted octanol–water partition coefficient (Wildman–Crippen LogP) is -0.868. The molecule has 3 aromatic rings. The number of carbonyl (C=O) groups is 10. The van der Waals surface area contributed by atoms with Gasteiger partial charge in [-0.05, 0) is 74.1 Å². The Balaban J connectivity index is 1.77. The van der Waals surface area contributed by atoms with E-state index in [1.165, 1.54) is 0 Å². The van der Waals surface area contributed by atoms with Crippen LogP contribution in [0.1, 0.15) is 77.3 Å². The number of para-hydroxylation sites is 1. The van der Waals surface area contributed by atoms with Gasteiger partial charge in [0.15, 0.2) is 0 Å². The van der Waals surface area contributed by atoms with Gasteiger partial charge in [0.1, 0.15) is 42.8 Å². The summed E-state index contributed by atoms with van der Waals surface area (Å²) in [5.74, 6) is -9.93. The number of hydrogen-bond acceptors (Lipinski definition) is 13. The Morgan fingerprint density at radius 3 is 1.81 bits per heavy atom. The molecule has 73 heavy (non-hydrogen) atoms. The Hall–Kier alpha value is -7.05. The van der Waals surface area contributed by atoms with Gasteiger partial charge in [0.25, 0.3) is 0 Å². The minimum atomic E-state index is -1.54. The lowest BCUT2D eigenvalue weighted by Crippen LogP contribution is -2.59. The van der Waals surface area contributed by atoms with Crippen LogP contribution in [0.5, 0.6) is 0 Å². The van der Waals surface area contributed by atoms with Crippen LogP contribution in [0.4, 0.5) is 0 Å². The number of carboxylic acids is 2. The number of aliphatic carboxylic acids is 2. The first-order valence-electron chi connectivity index (χ1n) is 24.1. The number of nitrogens with one attached hydrogen (secondary N) is 9. The number of H-pyrrole nitrogens is 1. The van der Waals surface area contributed by atoms with Gasteiger partial charge in [0.05, 0.1) is 12.6 Å². The number of nitrogens with two attached hydrogens (primary N) is 2. The van der Waals surface area contributed by atoms with Gasteiger partial charge in [-0.15, -0.1) is 0 Å². The number of amides is 8. The molecule has 0 fully saturated rings. The molecule has 15 N–H and O–H groups in total. The fraction of sp³-hybridized carbons (Fsp3) is 0.510. The van der Waals surface area contributed by atoms with E-state index < -0.39 is 133 Å². The largest absolute Gasteiger partial charge is 0.481 e. The zero-order valence-corrected chi connectivity index (χ0v) is 42.4. The van der Waals surface area contributed by atoms with Crippen LogP contribution in [0, 0.1) is 11.8 Å². The minimum absolute atomic E-state index is 0.00845. The summed E-state index contributed by atoms with van der Waals surface area (Å²) < 4.78 is 0. The Morgan fingerprint density at radius 1 is 0.603 bits per heavy atom. The highest BCUT2D eigenvalue weighted by molar-refractivity contribution is 7.80. The number of fused-ring (bicyclic) bond motifs is 1. The van der Waals surface area contributed by atoms with E-state index in [0.717, 1.165) is 16.5 Å². The third-order valence-corrected chi connectivity index (χ3v) is 11.9. The maximum Gasteiger partial charge on any atom is 0.322 e. The van der Waals surface area contributed by atoms with Crippen molar-refractivity contribution >= 4 is 82.7 Å². The summed E-state index contributed by atoms with van der Waals surface area (Å²) in [7, 11) is 0. The average Bonchev–Trinajstić information content (AvgIpc) is 3.75. The van der Waals surface area contributed by atoms with Crippen molar-refractivity contribution < 1.29 is 58.2 Å². The number of unbranched alkanes of at least 4 members (excludes halogenated alkanes) is 1. The standard InChI is InChI=1S/C49H71N11O12S/c1-27(2)20-36(46(69)58-37(22-30-23-52-33-15-9-8-14-31(30)33)47(70)56-34(16-10-11-19-50)44(67)54-25-41(64)65)57-45(68)35(17-18-40(62)63)55-39(61)24-53-49(72)42(28(3)4)60-48(71)38(26-73)59-43(66)32(51)21-29-12-6-5-7-13-29/h5-9,12-15,23,27-28,32,34-38,42,52,73H,10-11,16-22,24-26,50-51H2,1-4H3,(H,53,72)(H,54,67)(H,55,61)(H,56,70)(H,57,68)(H,58,69)(H,59,66)(H,60,71)(H,62,63)(H,64,65). The number of aromatic amines is 1. The van der Waals surface area contributed by atoms with E-state index in [1.54, 1.807) is 76.4 Å². The molecule has 0 spiro atoms. The summed E-state index contributed by atoms with van der Waals surface area (Å²) in [6, 6.07) is 7.39. The van der Waals surface area contributed by atoms with Gasteiger partial charge in [-0.25, -0.2) is 0 Å². The quantitative estimate of drug-likeness (QED) is 0.0267. The first kappa shape index (κ1) is 60.3. The van der Waals surface area contributed by atoms with Crippen LogP contribution in [0.2, 0.25) is 0 Å². The predicted molar refractivity (Wildman–Crippen MR) is 273 cm³/mol. The highest BCUT2D eigenvalue weighted by Crippen LogP contribution is 2.20. The zero-order chi connectivity index (χ0) is 54.2. The summed E-state index contributed by atoms with van der Waals surface area (Å²) in [6.07, 6.45) is 1.74. The Labute approximate surface area is 429 Å². The topological polar surface area (TPSA) is 375 Å². The van der Waals surface area contributed by atoms with Crippen molar-refractivity contribution in [3.05, 3.63) is 71.9 Å². The fourth-order valence-corrected chi connectivity index (χ4v) is 7.84. The molecule has 0 aliphatic rings. The number of rotatable bonds is 32. The van der Waals surface area contributed by atoms with Crippen LogP contribution in [-0.2, 0) is 60.8 Å². The lowest BCUT2D eigenvalue weighted by molar-refractivity contribution is -0.139. The first-order valence-corrected chi connectivity index (χ1v) is 24.7. The summed E-state index contributed by atoms with van der Waals surface area (Å²) in [5, 5.41) is 39.6. The van der Waals surface area contributed by atoms with Crippen LogP contribution in [0.25, 0.3) is 10.9 Å². The SMILES string of the molecule is CC(C)CC(NC(=O)C(CCC(=O)O)NC(=O)CNC(=O)C(NC(=O)C(CS)NC(=O)C(N)Cc1ccccc1)C(C)C)C(=O)NC(Cc1c[nH]c2ccccc12)C(=O)NC(CCCCN)C(=O)NCC(=O)O. The van der Waals surface area contributed by atoms with Gasteiger partial charge in [-0.2, -0.15) is 12.6 Å². The molecule has 2 aromatic carbocycles. The van der Waals surface area contributed by atoms with Gasteiger partial charge in [-0.1, -0.05) is 76.2 Å². The number of hydrogen-bond donors (Lipinski definition) is 14. The van der Waals surface area contributed by atoms with Gasteiger partial charge >= 0.3 is 11.9 Å². The van der Waals surface area contributed by atoms with E-state index in [4.69, 9.17) is 16.6 Å². The van der Waals surface area contributed by atoms with Gasteiger partial charge in [-0.3, -0.25) is 47.9 Å². The summed E-state index contributed by atoms with van der Waals surface area (Å²) >= 11 is 4.20. The number of carboxylic acid groups (broad SMARTS) is 2. The van der Waals surface area contributed by atoms with E-state index in [-0.39, 0.29) is 37.4 Å². The number of thiol groups is 1. The normalized spacial score (nSPS) is 14.0. The molecule has 400 valence electrons. The maximum absolute atomic E-state index is 14.3. The molecule has 7 unspecified atom stereocenters. The Morgan fingerprint density at radius 2 is 1.18 bits per heavy atom. The number of benzene rings is 2. The zero-order valence-electron chi connectivity index (χ0n) is 41.5. The molecular weight excluding hydrogens is 967 g/mol. The second-order valence-corrected chi connectivity index (χ2v) is 18.7. The van der Waals surface area contributed by atoms with Crippen molar-refractivity contribution in [3.8, 4) is 0 Å². The Kier molecular flexibility index (Phi) is 25.4. The molecule has 24 heteroatoms. The smallest absolute Gasteiger partial charge is 0.322 e. The lowest BCUT2D eigenvalue weighted by atomic mass is 9.99. The molecule has 3 rings (SSSR count). The highest BCUT2D eigenvalue weighted by atomic mass is 32.1. The molecule has 0 saturated carbocycles. The monoisotopic (exact) mass is 1040 g/mol. The molecule has 8 amide bonds. The van der Waals surface area contributed by atoms with Crippen LogP contribution in [0.15, 0.2) is 60.8 Å². The second kappa shape index (κ2) is 30.7. The average molecular weight is 1040 g/mol. The second-order valence-electron chi connectivity index (χ2n) is 18.3. The van der Waals surface area contributed by atoms with E-state index in [0.29, 0.717) is 24.9 Å². The Bertz CT molecular complexity index is 2370. The maximum atomic E-state index is 14.3. The summed E-state index contributed by atoms with van der Waals surface area (Å²) in [6.45, 7) is 5.66. The molecule has 1 aromatic heterocycles. The van der Waals surface area contributed by atoms with Crippen LogP contribution in [-0.4, -0.2) is 142 Å². The molecule has 0 bridgehead atoms. The van der Waals surface area contributed by atoms with Crippen LogP contribution < -0.4 is 54.0 Å². The van der Waals surface area contributed by atoms with Crippen LogP contribution >= 0.6 is 12.6 Å². The van der Waals surface area contributed by atoms with Crippen molar-refractivity contribution in [2.45, 2.75) is 121 Å². The molecule has 0 aliphatic heterocycles. The third-order valence-electron chi connectivity index (χ3n) is 11.5. The number of carbonyl (C=O) groups excluding carboxylic acids is 8. The van der Waals surface area contributed by atoms with Crippen molar-refractivity contribution in [3.63, 3.8) is 0 Å². The van der Waals surface area contributed by atoms with E-state index >= 15 is 0 Å². The van der Waals surface area contributed by atoms with Crippen molar-refractivity contribution in [2.24, 2.45) is 23.3 Å². The van der Waals surface area contributed by atoms with Crippen LogP contribution in [0.3, 0.4) is 0 Å². The van der Waals surface area contributed by atoms with Gasteiger partial charge in [0.2, 0.25) is 47.3 Å². The van der Waals surface area contributed by atoms with Gasteiger partial charge in [0, 0.05) is 35.7 Å².